The molecule has 0 bridgehead atoms. The standard InChI is InChI=1S/C8H8N4OS/c1-6-4-10-7(14-6)11-8(13)12-3-2-9-5-12/h2-5H,1H3,(H,10,11,13). The zero-order chi connectivity index (χ0) is 9.97. The summed E-state index contributed by atoms with van der Waals surface area (Å²) in [5.74, 6) is 0. The van der Waals surface area contributed by atoms with E-state index in [2.05, 4.69) is 15.3 Å². The maximum atomic E-state index is 11.5. The molecule has 2 rings (SSSR count). The molecule has 14 heavy (non-hydrogen) atoms. The summed E-state index contributed by atoms with van der Waals surface area (Å²) in [5, 5.41) is 3.25. The third-order valence-corrected chi connectivity index (χ3v) is 2.40. The average Bonchev–Trinajstić information content (AvgIpc) is 2.75. The molecule has 0 atom stereocenters. The van der Waals surface area contributed by atoms with Gasteiger partial charge in [0.25, 0.3) is 0 Å². The Kier molecular flexibility index (Phi) is 2.28. The van der Waals surface area contributed by atoms with Crippen molar-refractivity contribution in [2.24, 2.45) is 0 Å². The number of amides is 1. The summed E-state index contributed by atoms with van der Waals surface area (Å²) in [5.41, 5.74) is 0. The Labute approximate surface area is 84.4 Å². The summed E-state index contributed by atoms with van der Waals surface area (Å²) in [6.07, 6.45) is 6.28. The van der Waals surface area contributed by atoms with Crippen LogP contribution in [0, 0.1) is 6.92 Å². The van der Waals surface area contributed by atoms with Crippen molar-refractivity contribution in [2.75, 3.05) is 5.32 Å². The van der Waals surface area contributed by atoms with Crippen LogP contribution in [0.5, 0.6) is 0 Å². The fourth-order valence-electron chi connectivity index (χ4n) is 0.948. The number of nitrogens with zero attached hydrogens (tertiary/aromatic N) is 3. The van der Waals surface area contributed by atoms with E-state index in [1.807, 2.05) is 6.92 Å². The third kappa shape index (κ3) is 1.80. The molecule has 72 valence electrons. The van der Waals surface area contributed by atoms with Crippen LogP contribution in [0.3, 0.4) is 0 Å². The second-order valence-electron chi connectivity index (χ2n) is 2.68. The van der Waals surface area contributed by atoms with E-state index >= 15 is 0 Å². The molecule has 0 aliphatic carbocycles. The zero-order valence-electron chi connectivity index (χ0n) is 7.47. The summed E-state index contributed by atoms with van der Waals surface area (Å²) in [4.78, 5) is 20.3. The lowest BCUT2D eigenvalue weighted by atomic mass is 10.7. The van der Waals surface area contributed by atoms with Crippen molar-refractivity contribution >= 4 is 22.5 Å². The average molecular weight is 208 g/mol. The molecule has 0 unspecified atom stereocenters. The van der Waals surface area contributed by atoms with Gasteiger partial charge in [0.2, 0.25) is 0 Å². The molecule has 1 amide bonds. The number of hydrogen-bond acceptors (Lipinski definition) is 4. The summed E-state index contributed by atoms with van der Waals surface area (Å²) >= 11 is 1.44. The Morgan fingerprint density at radius 1 is 1.64 bits per heavy atom. The van der Waals surface area contributed by atoms with Crippen LogP contribution in [-0.4, -0.2) is 20.6 Å². The second kappa shape index (κ2) is 3.59. The Hall–Kier alpha value is -1.69. The maximum absolute atomic E-state index is 11.5. The van der Waals surface area contributed by atoms with E-state index in [0.717, 1.165) is 4.88 Å². The van der Waals surface area contributed by atoms with Crippen molar-refractivity contribution < 1.29 is 4.79 Å². The molecule has 2 heterocycles. The number of nitrogens with one attached hydrogen (secondary N) is 1. The van der Waals surface area contributed by atoms with Gasteiger partial charge in [0.05, 0.1) is 0 Å². The first kappa shape index (κ1) is 8.89. The van der Waals surface area contributed by atoms with Gasteiger partial charge in [-0.3, -0.25) is 9.88 Å². The summed E-state index contributed by atoms with van der Waals surface area (Å²) < 4.78 is 1.36. The van der Waals surface area contributed by atoms with Gasteiger partial charge >= 0.3 is 6.03 Å². The van der Waals surface area contributed by atoms with Gasteiger partial charge in [0.15, 0.2) is 5.13 Å². The van der Waals surface area contributed by atoms with Gasteiger partial charge in [0, 0.05) is 23.5 Å². The third-order valence-electron chi connectivity index (χ3n) is 1.57. The topological polar surface area (TPSA) is 59.8 Å². The second-order valence-corrected chi connectivity index (χ2v) is 3.91. The van der Waals surface area contributed by atoms with Crippen molar-refractivity contribution in [3.05, 3.63) is 29.8 Å². The normalized spacial score (nSPS) is 10.1. The molecule has 1 N–H and O–H groups in total. The van der Waals surface area contributed by atoms with Crippen LogP contribution in [0.15, 0.2) is 24.9 Å². The Morgan fingerprint density at radius 2 is 2.50 bits per heavy atom. The lowest BCUT2D eigenvalue weighted by Gasteiger charge is -1.99. The number of carbonyl (C=O) groups is 1. The number of thiazole rings is 1. The number of rotatable bonds is 1. The van der Waals surface area contributed by atoms with E-state index in [-0.39, 0.29) is 6.03 Å². The lowest BCUT2D eigenvalue weighted by molar-refractivity contribution is 0.253. The van der Waals surface area contributed by atoms with E-state index in [0.29, 0.717) is 5.13 Å². The predicted octanol–water partition coefficient (Wildman–Crippen LogP) is 1.73. The molecule has 0 aliphatic heterocycles. The number of anilines is 1. The quantitative estimate of drug-likeness (QED) is 0.776. The molecule has 2 aromatic rings. The minimum absolute atomic E-state index is 0.253. The monoisotopic (exact) mass is 208 g/mol. The molecule has 0 aromatic carbocycles. The van der Waals surface area contributed by atoms with Crippen molar-refractivity contribution in [3.8, 4) is 0 Å². The lowest BCUT2D eigenvalue weighted by Crippen LogP contribution is -2.17. The predicted molar refractivity (Wildman–Crippen MR) is 53.5 cm³/mol. The minimum Gasteiger partial charge on any atom is -0.283 e. The van der Waals surface area contributed by atoms with Crippen LogP contribution < -0.4 is 5.32 Å². The molecule has 0 saturated heterocycles. The van der Waals surface area contributed by atoms with Crippen molar-refractivity contribution in [2.45, 2.75) is 6.92 Å². The highest BCUT2D eigenvalue weighted by Gasteiger charge is 2.05. The number of aryl methyl sites for hydroxylation is 1. The Bertz CT molecular complexity index is 434. The van der Waals surface area contributed by atoms with Gasteiger partial charge in [0.1, 0.15) is 6.33 Å². The molecule has 0 aliphatic rings. The van der Waals surface area contributed by atoms with Gasteiger partial charge in [-0.05, 0) is 6.92 Å². The zero-order valence-corrected chi connectivity index (χ0v) is 8.28. The van der Waals surface area contributed by atoms with Crippen molar-refractivity contribution in [1.82, 2.24) is 14.5 Å². The fourth-order valence-corrected chi connectivity index (χ4v) is 1.60. The summed E-state index contributed by atoms with van der Waals surface area (Å²) in [6.45, 7) is 1.94. The molecule has 0 spiro atoms. The molecule has 6 heteroatoms. The van der Waals surface area contributed by atoms with Crippen LogP contribution >= 0.6 is 11.3 Å². The largest absolute Gasteiger partial charge is 0.333 e. The highest BCUT2D eigenvalue weighted by Crippen LogP contribution is 2.16. The van der Waals surface area contributed by atoms with E-state index in [1.165, 1.54) is 22.2 Å². The molecule has 5 nitrogen and oxygen atoms in total. The first-order valence-corrected chi connectivity index (χ1v) is 4.79. The Balaban J connectivity index is 2.09. The van der Waals surface area contributed by atoms with Crippen LogP contribution in [-0.2, 0) is 0 Å². The summed E-state index contributed by atoms with van der Waals surface area (Å²) in [6, 6.07) is -0.253. The number of aromatic nitrogens is 3. The minimum atomic E-state index is -0.253. The highest BCUT2D eigenvalue weighted by molar-refractivity contribution is 7.15. The Morgan fingerprint density at radius 3 is 3.07 bits per heavy atom. The SMILES string of the molecule is Cc1cnc(NC(=O)n2ccnc2)s1. The van der Waals surface area contributed by atoms with Crippen LogP contribution in [0.25, 0.3) is 0 Å². The maximum Gasteiger partial charge on any atom is 0.333 e. The van der Waals surface area contributed by atoms with E-state index in [1.54, 1.807) is 18.6 Å². The van der Waals surface area contributed by atoms with Crippen molar-refractivity contribution in [1.29, 1.82) is 0 Å². The fraction of sp³-hybridized carbons (Fsp3) is 0.125. The van der Waals surface area contributed by atoms with Crippen molar-refractivity contribution in [3.63, 3.8) is 0 Å². The molecule has 2 aromatic heterocycles. The van der Waals surface area contributed by atoms with E-state index in [9.17, 15) is 4.79 Å². The number of imidazole rings is 1. The van der Waals surface area contributed by atoms with Gasteiger partial charge in [-0.2, -0.15) is 0 Å². The first-order valence-electron chi connectivity index (χ1n) is 3.97. The van der Waals surface area contributed by atoms with Gasteiger partial charge < -0.3 is 0 Å². The molecule has 0 fully saturated rings. The highest BCUT2D eigenvalue weighted by atomic mass is 32.1. The number of hydrogen-bond donors (Lipinski definition) is 1. The number of carbonyl (C=O) groups excluding carboxylic acids is 1. The molecule has 0 radical (unpaired) electrons. The van der Waals surface area contributed by atoms with E-state index < -0.39 is 0 Å². The van der Waals surface area contributed by atoms with Crippen LogP contribution in [0.2, 0.25) is 0 Å². The first-order chi connectivity index (χ1) is 6.75. The molecule has 0 saturated carbocycles. The van der Waals surface area contributed by atoms with Crippen LogP contribution in [0.1, 0.15) is 4.88 Å². The van der Waals surface area contributed by atoms with Crippen LogP contribution in [0.4, 0.5) is 9.93 Å². The van der Waals surface area contributed by atoms with E-state index in [4.69, 9.17) is 0 Å². The summed E-state index contributed by atoms with van der Waals surface area (Å²) in [7, 11) is 0. The van der Waals surface area contributed by atoms with Gasteiger partial charge in [-0.25, -0.2) is 14.8 Å². The smallest absolute Gasteiger partial charge is 0.283 e. The molecular formula is C8H8N4OS. The van der Waals surface area contributed by atoms with Gasteiger partial charge in [-0.15, -0.1) is 11.3 Å². The molecular weight excluding hydrogens is 200 g/mol. The van der Waals surface area contributed by atoms with Gasteiger partial charge in [-0.1, -0.05) is 0 Å².